The SMILES string of the molecule is CCN(C(=O)[C@H]1CC(C)C[C@H]1C(=O)O)C(C)COC. The third-order valence-corrected chi connectivity index (χ3v) is 4.00. The Balaban J connectivity index is 2.81. The van der Waals surface area contributed by atoms with Crippen molar-refractivity contribution in [3.63, 3.8) is 0 Å². The van der Waals surface area contributed by atoms with Crippen LogP contribution in [0.3, 0.4) is 0 Å². The monoisotopic (exact) mass is 271 g/mol. The molecule has 4 atom stereocenters. The van der Waals surface area contributed by atoms with Crippen LogP contribution in [0.25, 0.3) is 0 Å². The Labute approximate surface area is 114 Å². The smallest absolute Gasteiger partial charge is 0.307 e. The molecule has 0 heterocycles. The molecular weight excluding hydrogens is 246 g/mol. The Kier molecular flexibility index (Phi) is 5.79. The fraction of sp³-hybridized carbons (Fsp3) is 0.857. The summed E-state index contributed by atoms with van der Waals surface area (Å²) in [6, 6.07) is -0.0205. The van der Waals surface area contributed by atoms with Gasteiger partial charge in [0, 0.05) is 13.7 Å². The Morgan fingerprint density at radius 3 is 2.42 bits per heavy atom. The molecule has 1 fully saturated rings. The molecule has 1 N–H and O–H groups in total. The van der Waals surface area contributed by atoms with Gasteiger partial charge in [0.25, 0.3) is 0 Å². The maximum absolute atomic E-state index is 12.6. The van der Waals surface area contributed by atoms with Crippen LogP contribution in [0.1, 0.15) is 33.6 Å². The van der Waals surface area contributed by atoms with Gasteiger partial charge in [-0.15, -0.1) is 0 Å². The molecular formula is C14H25NO4. The zero-order valence-electron chi connectivity index (χ0n) is 12.3. The van der Waals surface area contributed by atoms with Gasteiger partial charge in [-0.2, -0.15) is 0 Å². The third kappa shape index (κ3) is 3.69. The van der Waals surface area contributed by atoms with E-state index >= 15 is 0 Å². The van der Waals surface area contributed by atoms with Gasteiger partial charge in [0.15, 0.2) is 0 Å². The summed E-state index contributed by atoms with van der Waals surface area (Å²) < 4.78 is 5.08. The number of carboxylic acids is 1. The van der Waals surface area contributed by atoms with Gasteiger partial charge >= 0.3 is 5.97 Å². The van der Waals surface area contributed by atoms with Crippen LogP contribution in [-0.2, 0) is 14.3 Å². The summed E-state index contributed by atoms with van der Waals surface area (Å²) in [4.78, 5) is 25.6. The lowest BCUT2D eigenvalue weighted by atomic mass is 9.94. The normalized spacial score (nSPS) is 28.1. The minimum absolute atomic E-state index is 0.0205. The number of methoxy groups -OCH3 is 1. The lowest BCUT2D eigenvalue weighted by Crippen LogP contribution is -2.45. The van der Waals surface area contributed by atoms with Gasteiger partial charge in [0.1, 0.15) is 0 Å². The molecule has 0 aromatic carbocycles. The van der Waals surface area contributed by atoms with Crippen molar-refractivity contribution in [2.75, 3.05) is 20.3 Å². The molecule has 19 heavy (non-hydrogen) atoms. The van der Waals surface area contributed by atoms with E-state index < -0.39 is 11.9 Å². The van der Waals surface area contributed by atoms with Crippen molar-refractivity contribution in [2.45, 2.75) is 39.7 Å². The number of likely N-dealkylation sites (N-methyl/N-ethyl adjacent to an activating group) is 1. The van der Waals surface area contributed by atoms with Crippen molar-refractivity contribution < 1.29 is 19.4 Å². The van der Waals surface area contributed by atoms with E-state index in [1.54, 1.807) is 12.0 Å². The number of hydrogen-bond donors (Lipinski definition) is 1. The minimum Gasteiger partial charge on any atom is -0.481 e. The van der Waals surface area contributed by atoms with Crippen LogP contribution in [0.4, 0.5) is 0 Å². The molecule has 1 saturated carbocycles. The highest BCUT2D eigenvalue weighted by Crippen LogP contribution is 2.37. The van der Waals surface area contributed by atoms with Crippen LogP contribution in [-0.4, -0.2) is 48.2 Å². The first-order valence-corrected chi connectivity index (χ1v) is 6.94. The quantitative estimate of drug-likeness (QED) is 0.797. The minimum atomic E-state index is -0.849. The molecule has 0 aromatic heterocycles. The molecule has 1 aliphatic carbocycles. The molecule has 0 spiro atoms. The third-order valence-electron chi connectivity index (χ3n) is 4.00. The first-order chi connectivity index (χ1) is 8.92. The molecule has 0 aliphatic heterocycles. The second-order valence-corrected chi connectivity index (χ2v) is 5.56. The Morgan fingerprint density at radius 2 is 1.95 bits per heavy atom. The molecule has 1 aliphatic rings. The summed E-state index contributed by atoms with van der Waals surface area (Å²) in [7, 11) is 1.60. The fourth-order valence-electron chi connectivity index (χ4n) is 3.07. The van der Waals surface area contributed by atoms with Crippen LogP contribution < -0.4 is 0 Å². The molecule has 5 heteroatoms. The van der Waals surface area contributed by atoms with Crippen LogP contribution in [0.2, 0.25) is 0 Å². The number of aliphatic carboxylic acids is 1. The van der Waals surface area contributed by atoms with Crippen molar-refractivity contribution in [2.24, 2.45) is 17.8 Å². The second-order valence-electron chi connectivity index (χ2n) is 5.56. The van der Waals surface area contributed by atoms with Gasteiger partial charge in [-0.1, -0.05) is 6.92 Å². The first-order valence-electron chi connectivity index (χ1n) is 6.94. The highest BCUT2D eigenvalue weighted by Gasteiger charge is 2.43. The number of carbonyl (C=O) groups excluding carboxylic acids is 1. The van der Waals surface area contributed by atoms with E-state index in [0.717, 1.165) is 0 Å². The maximum atomic E-state index is 12.6. The van der Waals surface area contributed by atoms with Crippen molar-refractivity contribution >= 4 is 11.9 Å². The Hall–Kier alpha value is -1.10. The number of amides is 1. The lowest BCUT2D eigenvalue weighted by molar-refractivity contribution is -0.150. The molecule has 1 rings (SSSR count). The van der Waals surface area contributed by atoms with Gasteiger partial charge < -0.3 is 14.7 Å². The zero-order valence-corrected chi connectivity index (χ0v) is 12.3. The summed E-state index contributed by atoms with van der Waals surface area (Å²) >= 11 is 0. The average Bonchev–Trinajstić information content (AvgIpc) is 2.72. The van der Waals surface area contributed by atoms with E-state index in [1.165, 1.54) is 0 Å². The lowest BCUT2D eigenvalue weighted by Gasteiger charge is -2.31. The van der Waals surface area contributed by atoms with Gasteiger partial charge in [0.05, 0.1) is 24.5 Å². The van der Waals surface area contributed by atoms with Gasteiger partial charge in [-0.05, 0) is 32.6 Å². The van der Waals surface area contributed by atoms with E-state index in [-0.39, 0.29) is 17.9 Å². The van der Waals surface area contributed by atoms with Crippen LogP contribution >= 0.6 is 0 Å². The summed E-state index contributed by atoms with van der Waals surface area (Å²) in [6.45, 7) is 6.91. The molecule has 2 unspecified atom stereocenters. The zero-order chi connectivity index (χ0) is 14.6. The van der Waals surface area contributed by atoms with Gasteiger partial charge in [0.2, 0.25) is 5.91 Å². The largest absolute Gasteiger partial charge is 0.481 e. The Morgan fingerprint density at radius 1 is 1.37 bits per heavy atom. The van der Waals surface area contributed by atoms with Crippen LogP contribution in [0.5, 0.6) is 0 Å². The predicted molar refractivity (Wildman–Crippen MR) is 71.7 cm³/mol. The standard InChI is InChI=1S/C14H25NO4/c1-5-15(10(3)8-19-4)13(16)11-6-9(2)7-12(11)14(17)18/h9-12H,5-8H2,1-4H3,(H,17,18)/t9?,10?,11-,12+/m0/s1. The van der Waals surface area contributed by atoms with Crippen molar-refractivity contribution in [1.29, 1.82) is 0 Å². The maximum Gasteiger partial charge on any atom is 0.307 e. The summed E-state index contributed by atoms with van der Waals surface area (Å²) in [5.41, 5.74) is 0. The van der Waals surface area contributed by atoms with Gasteiger partial charge in [-0.25, -0.2) is 0 Å². The van der Waals surface area contributed by atoms with Gasteiger partial charge in [-0.3, -0.25) is 9.59 Å². The molecule has 0 aromatic rings. The number of nitrogens with zero attached hydrogens (tertiary/aromatic N) is 1. The predicted octanol–water partition coefficient (Wildman–Crippen LogP) is 1.62. The number of carboxylic acid groups (broad SMARTS) is 1. The van der Waals surface area contributed by atoms with Crippen LogP contribution in [0.15, 0.2) is 0 Å². The van der Waals surface area contributed by atoms with E-state index in [0.29, 0.717) is 31.9 Å². The summed E-state index contributed by atoms with van der Waals surface area (Å²) in [5, 5.41) is 9.25. The summed E-state index contributed by atoms with van der Waals surface area (Å²) in [6.07, 6.45) is 1.27. The van der Waals surface area contributed by atoms with Crippen molar-refractivity contribution in [3.05, 3.63) is 0 Å². The molecule has 1 amide bonds. The van der Waals surface area contributed by atoms with E-state index in [4.69, 9.17) is 4.74 Å². The molecule has 110 valence electrons. The number of hydrogen-bond acceptors (Lipinski definition) is 3. The van der Waals surface area contributed by atoms with Crippen molar-refractivity contribution in [1.82, 2.24) is 4.90 Å². The van der Waals surface area contributed by atoms with E-state index in [1.807, 2.05) is 20.8 Å². The fourth-order valence-corrected chi connectivity index (χ4v) is 3.07. The van der Waals surface area contributed by atoms with Crippen molar-refractivity contribution in [3.8, 4) is 0 Å². The highest BCUT2D eigenvalue weighted by atomic mass is 16.5. The van der Waals surface area contributed by atoms with E-state index in [9.17, 15) is 14.7 Å². The highest BCUT2D eigenvalue weighted by molar-refractivity contribution is 5.85. The molecule has 0 radical (unpaired) electrons. The number of rotatable bonds is 6. The summed E-state index contributed by atoms with van der Waals surface area (Å²) in [5.74, 6) is -1.51. The number of carbonyl (C=O) groups is 2. The first kappa shape index (κ1) is 16.0. The second kappa shape index (κ2) is 6.89. The average molecular weight is 271 g/mol. The van der Waals surface area contributed by atoms with Crippen LogP contribution in [0, 0.1) is 17.8 Å². The van der Waals surface area contributed by atoms with E-state index in [2.05, 4.69) is 0 Å². The number of ether oxygens (including phenoxy) is 1. The topological polar surface area (TPSA) is 66.8 Å². The molecule has 0 bridgehead atoms. The molecule has 0 saturated heterocycles. The molecule has 5 nitrogen and oxygen atoms in total. The Bertz CT molecular complexity index is 331.